The summed E-state index contributed by atoms with van der Waals surface area (Å²) in [6.45, 7) is 1.70. The van der Waals surface area contributed by atoms with E-state index in [0.29, 0.717) is 6.04 Å². The summed E-state index contributed by atoms with van der Waals surface area (Å²) in [5, 5.41) is 4.21. The molecule has 0 spiro atoms. The Morgan fingerprint density at radius 2 is 2.07 bits per heavy atom. The number of ether oxygens (including phenoxy) is 1. The fraction of sp³-hybridized carbons (Fsp3) is 0.455. The van der Waals surface area contributed by atoms with Crippen molar-refractivity contribution in [1.29, 1.82) is 0 Å². The van der Waals surface area contributed by atoms with Gasteiger partial charge in [-0.25, -0.2) is 0 Å². The normalized spacial score (nSPS) is 17.7. The summed E-state index contributed by atoms with van der Waals surface area (Å²) >= 11 is 9.39. The van der Waals surface area contributed by atoms with Gasteiger partial charge in [0.15, 0.2) is 0 Å². The Labute approximate surface area is 103 Å². The minimum atomic E-state index is 0.510. The fourth-order valence-corrected chi connectivity index (χ4v) is 2.09. The number of halogens is 2. The number of hydrogen-bond donors (Lipinski definition) is 1. The van der Waals surface area contributed by atoms with Gasteiger partial charge in [0.2, 0.25) is 0 Å². The third-order valence-electron chi connectivity index (χ3n) is 2.51. The molecular formula is C11H13BrClNO. The molecule has 1 saturated heterocycles. The minimum Gasteiger partial charge on any atom is -0.382 e. The van der Waals surface area contributed by atoms with Crippen molar-refractivity contribution in [3.8, 4) is 0 Å². The molecule has 2 nitrogen and oxygen atoms in total. The molecule has 1 N–H and O–H groups in total. The van der Waals surface area contributed by atoms with Crippen molar-refractivity contribution in [2.24, 2.45) is 0 Å². The van der Waals surface area contributed by atoms with Crippen molar-refractivity contribution < 1.29 is 4.74 Å². The summed E-state index contributed by atoms with van der Waals surface area (Å²) in [6, 6.07) is 6.45. The average Bonchev–Trinajstić information content (AvgIpc) is 2.25. The number of rotatable bonds is 2. The lowest BCUT2D eigenvalue weighted by molar-refractivity contribution is 0.0904. The number of nitrogens with one attached hydrogen (secondary N) is 1. The maximum absolute atomic E-state index is 6.02. The molecule has 0 aromatic heterocycles. The maximum Gasteiger partial charge on any atom is 0.0568 e. The molecule has 0 amide bonds. The lowest BCUT2D eigenvalue weighted by Crippen LogP contribution is -2.27. The van der Waals surface area contributed by atoms with E-state index in [9.17, 15) is 0 Å². The molecule has 1 aromatic carbocycles. The summed E-state index contributed by atoms with van der Waals surface area (Å²) in [5.74, 6) is 0. The lowest BCUT2D eigenvalue weighted by atomic mass is 10.1. The van der Waals surface area contributed by atoms with Crippen molar-refractivity contribution in [2.45, 2.75) is 18.9 Å². The van der Waals surface area contributed by atoms with Crippen LogP contribution >= 0.6 is 27.5 Å². The van der Waals surface area contributed by atoms with Crippen molar-refractivity contribution >= 4 is 33.2 Å². The zero-order chi connectivity index (χ0) is 10.7. The molecule has 1 aliphatic rings. The van der Waals surface area contributed by atoms with Gasteiger partial charge >= 0.3 is 0 Å². The Kier molecular flexibility index (Phi) is 3.89. The van der Waals surface area contributed by atoms with Crippen LogP contribution in [0.2, 0.25) is 5.02 Å². The standard InChI is InChI=1S/C11H13BrClNO/c12-10-2-1-9(7-11(10)13)14-8-3-5-15-6-4-8/h1-2,7-8,14H,3-6H2. The second kappa shape index (κ2) is 5.19. The first-order valence-electron chi connectivity index (χ1n) is 5.05. The molecular weight excluding hydrogens is 277 g/mol. The molecule has 0 aliphatic carbocycles. The highest BCUT2D eigenvalue weighted by Gasteiger charge is 2.13. The number of hydrogen-bond acceptors (Lipinski definition) is 2. The number of benzene rings is 1. The van der Waals surface area contributed by atoms with Gasteiger partial charge in [0.25, 0.3) is 0 Å². The molecule has 1 aromatic rings. The predicted molar refractivity (Wildman–Crippen MR) is 66.6 cm³/mol. The number of anilines is 1. The summed E-state index contributed by atoms with van der Waals surface area (Å²) in [4.78, 5) is 0. The van der Waals surface area contributed by atoms with Crippen LogP contribution in [0.4, 0.5) is 5.69 Å². The third-order valence-corrected chi connectivity index (χ3v) is 3.74. The average molecular weight is 291 g/mol. The van der Waals surface area contributed by atoms with Crippen LogP contribution in [-0.4, -0.2) is 19.3 Å². The molecule has 15 heavy (non-hydrogen) atoms. The minimum absolute atomic E-state index is 0.510. The van der Waals surface area contributed by atoms with E-state index >= 15 is 0 Å². The van der Waals surface area contributed by atoms with Crippen LogP contribution in [0.3, 0.4) is 0 Å². The van der Waals surface area contributed by atoms with Crippen LogP contribution in [0.15, 0.2) is 22.7 Å². The van der Waals surface area contributed by atoms with E-state index in [0.717, 1.165) is 41.2 Å². The van der Waals surface area contributed by atoms with Gasteiger partial charge < -0.3 is 10.1 Å². The Morgan fingerprint density at radius 3 is 2.73 bits per heavy atom. The van der Waals surface area contributed by atoms with E-state index in [1.807, 2.05) is 18.2 Å². The topological polar surface area (TPSA) is 21.3 Å². The molecule has 1 heterocycles. The lowest BCUT2D eigenvalue weighted by Gasteiger charge is -2.24. The summed E-state index contributed by atoms with van der Waals surface area (Å²) < 4.78 is 6.24. The van der Waals surface area contributed by atoms with Crippen molar-refractivity contribution in [1.82, 2.24) is 0 Å². The molecule has 2 rings (SSSR count). The zero-order valence-electron chi connectivity index (χ0n) is 8.30. The SMILES string of the molecule is Clc1cc(NC2CCOCC2)ccc1Br. The van der Waals surface area contributed by atoms with E-state index in [2.05, 4.69) is 21.2 Å². The van der Waals surface area contributed by atoms with E-state index < -0.39 is 0 Å². The van der Waals surface area contributed by atoms with Gasteiger partial charge in [-0.1, -0.05) is 11.6 Å². The molecule has 1 aliphatic heterocycles. The first-order valence-corrected chi connectivity index (χ1v) is 6.22. The van der Waals surface area contributed by atoms with Crippen molar-refractivity contribution in [3.63, 3.8) is 0 Å². The van der Waals surface area contributed by atoms with Gasteiger partial charge in [-0.15, -0.1) is 0 Å². The molecule has 4 heteroatoms. The van der Waals surface area contributed by atoms with Gasteiger partial charge in [0, 0.05) is 29.4 Å². The van der Waals surface area contributed by atoms with E-state index in [1.54, 1.807) is 0 Å². The van der Waals surface area contributed by atoms with Gasteiger partial charge in [-0.3, -0.25) is 0 Å². The van der Waals surface area contributed by atoms with Gasteiger partial charge in [0.05, 0.1) is 5.02 Å². The highest BCUT2D eigenvalue weighted by molar-refractivity contribution is 9.10. The second-order valence-electron chi connectivity index (χ2n) is 3.66. The largest absolute Gasteiger partial charge is 0.382 e. The molecule has 82 valence electrons. The molecule has 0 radical (unpaired) electrons. The van der Waals surface area contributed by atoms with E-state index in [1.165, 1.54) is 0 Å². The Hall–Kier alpha value is -0.250. The van der Waals surface area contributed by atoms with Crippen LogP contribution < -0.4 is 5.32 Å². The molecule has 0 unspecified atom stereocenters. The van der Waals surface area contributed by atoms with Crippen LogP contribution in [-0.2, 0) is 4.74 Å². The van der Waals surface area contributed by atoms with Crippen molar-refractivity contribution in [2.75, 3.05) is 18.5 Å². The molecule has 0 atom stereocenters. The first-order chi connectivity index (χ1) is 7.25. The van der Waals surface area contributed by atoms with Crippen LogP contribution in [0.25, 0.3) is 0 Å². The quantitative estimate of drug-likeness (QED) is 0.897. The Morgan fingerprint density at radius 1 is 1.33 bits per heavy atom. The Balaban J connectivity index is 2.00. The van der Waals surface area contributed by atoms with Gasteiger partial charge in [-0.2, -0.15) is 0 Å². The highest BCUT2D eigenvalue weighted by atomic mass is 79.9. The molecule has 0 bridgehead atoms. The summed E-state index contributed by atoms with van der Waals surface area (Å²) in [6.07, 6.45) is 2.13. The second-order valence-corrected chi connectivity index (χ2v) is 4.92. The Bertz CT molecular complexity index is 339. The maximum atomic E-state index is 6.02. The zero-order valence-corrected chi connectivity index (χ0v) is 10.6. The fourth-order valence-electron chi connectivity index (χ4n) is 1.66. The predicted octanol–water partition coefficient (Wildman–Crippen LogP) is 3.69. The van der Waals surface area contributed by atoms with Crippen LogP contribution in [0.5, 0.6) is 0 Å². The summed E-state index contributed by atoms with van der Waals surface area (Å²) in [5.41, 5.74) is 1.08. The van der Waals surface area contributed by atoms with Gasteiger partial charge in [0.1, 0.15) is 0 Å². The summed E-state index contributed by atoms with van der Waals surface area (Å²) in [7, 11) is 0. The molecule has 1 fully saturated rings. The monoisotopic (exact) mass is 289 g/mol. The van der Waals surface area contributed by atoms with Crippen LogP contribution in [0, 0.1) is 0 Å². The third kappa shape index (κ3) is 3.10. The highest BCUT2D eigenvalue weighted by Crippen LogP contribution is 2.26. The first kappa shape index (κ1) is 11.2. The van der Waals surface area contributed by atoms with Gasteiger partial charge in [-0.05, 0) is 47.0 Å². The smallest absolute Gasteiger partial charge is 0.0568 e. The van der Waals surface area contributed by atoms with E-state index in [-0.39, 0.29) is 0 Å². The van der Waals surface area contributed by atoms with Crippen molar-refractivity contribution in [3.05, 3.63) is 27.7 Å². The molecule has 0 saturated carbocycles. The van der Waals surface area contributed by atoms with E-state index in [4.69, 9.17) is 16.3 Å². The van der Waals surface area contributed by atoms with Crippen LogP contribution in [0.1, 0.15) is 12.8 Å².